The number of esters is 3. The molecule has 0 aliphatic rings. The molecule has 0 heterocycles. The lowest BCUT2D eigenvalue weighted by atomic mass is 10.0. The second-order valence-electron chi connectivity index (χ2n) is 19.6. The maximum Gasteiger partial charge on any atom is 0.306 e. The van der Waals surface area contributed by atoms with Crippen LogP contribution in [0.3, 0.4) is 0 Å². The molecule has 0 spiro atoms. The van der Waals surface area contributed by atoms with Crippen LogP contribution in [0.4, 0.5) is 0 Å². The van der Waals surface area contributed by atoms with Gasteiger partial charge in [-0.1, -0.05) is 248 Å². The highest BCUT2D eigenvalue weighted by atomic mass is 16.6. The zero-order valence-electron chi connectivity index (χ0n) is 45.1. The molecule has 1 atom stereocenters. The number of rotatable bonds is 53. The van der Waals surface area contributed by atoms with E-state index < -0.39 is 6.10 Å². The fraction of sp³-hybridized carbons (Fsp3) is 0.790. The normalized spacial score (nSPS) is 12.5. The van der Waals surface area contributed by atoms with Gasteiger partial charge >= 0.3 is 17.9 Å². The standard InChI is InChI=1S/C62H110O6/c1-4-7-10-13-16-19-22-25-27-29-31-33-35-37-40-43-46-49-52-55-61(64)67-58-59(57-66-60(63)54-51-48-45-42-39-24-21-18-15-12-9-6-3)68-62(65)56-53-50-47-44-41-38-36-34-32-30-28-26-23-20-17-14-11-8-5-2/h16,19,25-28,31,33,37,40,59H,4-15,17-18,20-24,29-30,32,34-36,38-39,41-58H2,1-3H3/b19-16-,27-25-,28-26-,33-31-,40-37-/t59-/m0/s1. The smallest absolute Gasteiger partial charge is 0.306 e. The van der Waals surface area contributed by atoms with Crippen LogP contribution in [0.15, 0.2) is 60.8 Å². The van der Waals surface area contributed by atoms with Crippen LogP contribution in [0.5, 0.6) is 0 Å². The molecule has 0 saturated carbocycles. The minimum Gasteiger partial charge on any atom is -0.462 e. The van der Waals surface area contributed by atoms with Crippen molar-refractivity contribution in [3.63, 3.8) is 0 Å². The molecule has 0 aromatic carbocycles. The summed E-state index contributed by atoms with van der Waals surface area (Å²) in [6.07, 6.45) is 70.6. The molecule has 0 aliphatic carbocycles. The molecule has 0 fully saturated rings. The Kier molecular flexibility index (Phi) is 54.3. The Labute approximate surface area is 421 Å². The van der Waals surface area contributed by atoms with Gasteiger partial charge in [0.25, 0.3) is 0 Å². The summed E-state index contributed by atoms with van der Waals surface area (Å²) in [7, 11) is 0. The van der Waals surface area contributed by atoms with E-state index in [-0.39, 0.29) is 31.1 Å². The van der Waals surface area contributed by atoms with Gasteiger partial charge in [0.1, 0.15) is 13.2 Å². The zero-order valence-corrected chi connectivity index (χ0v) is 45.1. The third-order valence-electron chi connectivity index (χ3n) is 12.7. The largest absolute Gasteiger partial charge is 0.462 e. The summed E-state index contributed by atoms with van der Waals surface area (Å²) in [5.41, 5.74) is 0. The fourth-order valence-corrected chi connectivity index (χ4v) is 8.30. The summed E-state index contributed by atoms with van der Waals surface area (Å²) in [5.74, 6) is -0.905. The van der Waals surface area contributed by atoms with Gasteiger partial charge < -0.3 is 14.2 Å². The third-order valence-corrected chi connectivity index (χ3v) is 12.7. The van der Waals surface area contributed by atoms with Gasteiger partial charge in [0.05, 0.1) is 0 Å². The molecule has 0 saturated heterocycles. The average molecular weight is 952 g/mol. The summed E-state index contributed by atoms with van der Waals surface area (Å²) >= 11 is 0. The summed E-state index contributed by atoms with van der Waals surface area (Å²) in [6, 6.07) is 0. The Morgan fingerprint density at radius 2 is 0.529 bits per heavy atom. The zero-order chi connectivity index (χ0) is 49.3. The Balaban J connectivity index is 4.39. The van der Waals surface area contributed by atoms with Gasteiger partial charge in [-0.25, -0.2) is 0 Å². The van der Waals surface area contributed by atoms with E-state index in [0.29, 0.717) is 19.3 Å². The van der Waals surface area contributed by atoms with Crippen LogP contribution >= 0.6 is 0 Å². The van der Waals surface area contributed by atoms with Crippen LogP contribution < -0.4 is 0 Å². The number of hydrogen-bond donors (Lipinski definition) is 0. The van der Waals surface area contributed by atoms with E-state index in [1.54, 1.807) is 0 Å². The van der Waals surface area contributed by atoms with Gasteiger partial charge in [0, 0.05) is 19.3 Å². The van der Waals surface area contributed by atoms with E-state index in [4.69, 9.17) is 14.2 Å². The molecular formula is C62H110O6. The Bertz CT molecular complexity index is 1230. The SMILES string of the molecule is CCCCC/C=C\C/C=C\C/C=C\C/C=C\CCCCCC(=O)OC[C@H](COC(=O)CCCCCCCCCCCCCC)OC(=O)CCCCCCCCCCC/C=C\CCCCCCCC. The van der Waals surface area contributed by atoms with E-state index in [0.717, 1.165) is 83.5 Å². The van der Waals surface area contributed by atoms with Gasteiger partial charge in [-0.3, -0.25) is 14.4 Å². The van der Waals surface area contributed by atoms with Gasteiger partial charge in [-0.15, -0.1) is 0 Å². The molecule has 0 aliphatic heterocycles. The van der Waals surface area contributed by atoms with Crippen LogP contribution in [0.2, 0.25) is 0 Å². The van der Waals surface area contributed by atoms with E-state index >= 15 is 0 Å². The number of carbonyl (C=O) groups is 3. The maximum atomic E-state index is 12.9. The summed E-state index contributed by atoms with van der Waals surface area (Å²) in [6.45, 7) is 6.60. The molecule has 6 nitrogen and oxygen atoms in total. The topological polar surface area (TPSA) is 78.9 Å². The Hall–Kier alpha value is -2.89. The molecule has 0 radical (unpaired) electrons. The van der Waals surface area contributed by atoms with Crippen molar-refractivity contribution in [1.82, 2.24) is 0 Å². The second kappa shape index (κ2) is 56.7. The highest BCUT2D eigenvalue weighted by Crippen LogP contribution is 2.16. The highest BCUT2D eigenvalue weighted by molar-refractivity contribution is 5.71. The van der Waals surface area contributed by atoms with Crippen LogP contribution in [-0.4, -0.2) is 37.2 Å². The lowest BCUT2D eigenvalue weighted by molar-refractivity contribution is -0.167. The first kappa shape index (κ1) is 65.1. The monoisotopic (exact) mass is 951 g/mol. The van der Waals surface area contributed by atoms with E-state index in [1.807, 2.05) is 0 Å². The summed E-state index contributed by atoms with van der Waals surface area (Å²) < 4.78 is 16.8. The Morgan fingerprint density at radius 3 is 0.882 bits per heavy atom. The van der Waals surface area contributed by atoms with Crippen molar-refractivity contribution in [1.29, 1.82) is 0 Å². The van der Waals surface area contributed by atoms with Gasteiger partial charge in [0.15, 0.2) is 6.10 Å². The molecule has 6 heteroatoms. The quantitative estimate of drug-likeness (QED) is 0.0262. The molecule has 0 amide bonds. The van der Waals surface area contributed by atoms with Crippen molar-refractivity contribution in [2.24, 2.45) is 0 Å². The molecule has 394 valence electrons. The van der Waals surface area contributed by atoms with Crippen molar-refractivity contribution < 1.29 is 28.6 Å². The average Bonchev–Trinajstić information content (AvgIpc) is 3.34. The first-order valence-corrected chi connectivity index (χ1v) is 29.3. The maximum absolute atomic E-state index is 12.9. The third kappa shape index (κ3) is 54.1. The second-order valence-corrected chi connectivity index (χ2v) is 19.6. The molecule has 0 N–H and O–H groups in total. The number of unbranched alkanes of at least 4 members (excludes halogenated alkanes) is 32. The fourth-order valence-electron chi connectivity index (χ4n) is 8.30. The lowest BCUT2D eigenvalue weighted by Gasteiger charge is -2.18. The number of ether oxygens (including phenoxy) is 3. The van der Waals surface area contributed by atoms with Crippen LogP contribution in [0, 0.1) is 0 Å². The van der Waals surface area contributed by atoms with Crippen molar-refractivity contribution in [3.05, 3.63) is 60.8 Å². The van der Waals surface area contributed by atoms with Crippen LogP contribution in [0.25, 0.3) is 0 Å². The minimum absolute atomic E-state index is 0.0827. The predicted octanol–water partition coefficient (Wildman–Crippen LogP) is 19.6. The van der Waals surface area contributed by atoms with Crippen molar-refractivity contribution in [2.75, 3.05) is 13.2 Å². The van der Waals surface area contributed by atoms with Crippen LogP contribution in [-0.2, 0) is 28.6 Å². The molecule has 0 unspecified atom stereocenters. The number of hydrogen-bond acceptors (Lipinski definition) is 6. The molecular weight excluding hydrogens is 841 g/mol. The van der Waals surface area contributed by atoms with E-state index in [1.165, 1.54) is 173 Å². The van der Waals surface area contributed by atoms with Crippen LogP contribution in [0.1, 0.15) is 297 Å². The lowest BCUT2D eigenvalue weighted by Crippen LogP contribution is -2.30. The number of carbonyl (C=O) groups excluding carboxylic acids is 3. The first-order chi connectivity index (χ1) is 33.5. The van der Waals surface area contributed by atoms with E-state index in [2.05, 4.69) is 81.5 Å². The number of allylic oxidation sites excluding steroid dienone is 10. The molecule has 0 bridgehead atoms. The molecule has 0 aromatic rings. The predicted molar refractivity (Wildman–Crippen MR) is 293 cm³/mol. The van der Waals surface area contributed by atoms with E-state index in [9.17, 15) is 14.4 Å². The molecule has 68 heavy (non-hydrogen) atoms. The summed E-state index contributed by atoms with van der Waals surface area (Å²) in [5, 5.41) is 0. The Morgan fingerprint density at radius 1 is 0.294 bits per heavy atom. The molecule has 0 aromatic heterocycles. The highest BCUT2D eigenvalue weighted by Gasteiger charge is 2.19. The molecule has 0 rings (SSSR count). The first-order valence-electron chi connectivity index (χ1n) is 29.3. The summed E-state index contributed by atoms with van der Waals surface area (Å²) in [4.78, 5) is 38.1. The van der Waals surface area contributed by atoms with Gasteiger partial charge in [-0.05, 0) is 89.9 Å². The van der Waals surface area contributed by atoms with Gasteiger partial charge in [0.2, 0.25) is 0 Å². The van der Waals surface area contributed by atoms with Crippen molar-refractivity contribution in [3.8, 4) is 0 Å². The van der Waals surface area contributed by atoms with Crippen molar-refractivity contribution >= 4 is 17.9 Å². The van der Waals surface area contributed by atoms with Crippen molar-refractivity contribution in [2.45, 2.75) is 303 Å². The van der Waals surface area contributed by atoms with Gasteiger partial charge in [-0.2, -0.15) is 0 Å². The minimum atomic E-state index is -0.786.